The largest absolute Gasteiger partial charge is 0.496 e. The predicted octanol–water partition coefficient (Wildman–Crippen LogP) is 10.7. The lowest BCUT2D eigenvalue weighted by atomic mass is 9.98. The number of halogens is 2. The van der Waals surface area contributed by atoms with Crippen LogP contribution in [0.3, 0.4) is 0 Å². The fourth-order valence-electron chi connectivity index (χ4n) is 3.91. The first-order valence-corrected chi connectivity index (χ1v) is 15.6. The number of thiophene rings is 1. The maximum absolute atomic E-state index is 6.39. The Morgan fingerprint density at radius 1 is 1.00 bits per heavy atom. The van der Waals surface area contributed by atoms with Crippen LogP contribution in [-0.2, 0) is 0 Å². The smallest absolute Gasteiger partial charge is 0.127 e. The van der Waals surface area contributed by atoms with Crippen LogP contribution in [0.1, 0.15) is 68.9 Å². The van der Waals surface area contributed by atoms with Gasteiger partial charge in [0.1, 0.15) is 11.5 Å². The van der Waals surface area contributed by atoms with E-state index in [9.17, 15) is 0 Å². The minimum Gasteiger partial charge on any atom is -0.496 e. The monoisotopic (exact) mass is 638 g/mol. The summed E-state index contributed by atoms with van der Waals surface area (Å²) in [5.41, 5.74) is 2.09. The Bertz CT molecular complexity index is 1040. The summed E-state index contributed by atoms with van der Waals surface area (Å²) in [5.74, 6) is 3.21. The molecule has 0 bridgehead atoms. The van der Waals surface area contributed by atoms with Crippen LogP contribution < -0.4 is 9.47 Å². The highest BCUT2D eigenvalue weighted by molar-refractivity contribution is 9.14. The van der Waals surface area contributed by atoms with Gasteiger partial charge in [-0.1, -0.05) is 58.3 Å². The van der Waals surface area contributed by atoms with Crippen LogP contribution >= 0.6 is 55.0 Å². The SMILES string of the molecule is COc1cc(C=CC2CC=C(Br)S2)c(OCCC(C)CCCC(C)C)cc1C=Cc1ccc(Br)s1. The van der Waals surface area contributed by atoms with Crippen molar-refractivity contribution in [2.75, 3.05) is 13.7 Å². The quantitative estimate of drug-likeness (QED) is 0.217. The van der Waals surface area contributed by atoms with Crippen molar-refractivity contribution in [2.45, 2.75) is 58.1 Å². The molecule has 0 aliphatic carbocycles. The van der Waals surface area contributed by atoms with E-state index in [4.69, 9.17) is 9.47 Å². The van der Waals surface area contributed by atoms with E-state index >= 15 is 0 Å². The molecule has 0 radical (unpaired) electrons. The van der Waals surface area contributed by atoms with Gasteiger partial charge in [-0.05, 0) is 93.0 Å². The Morgan fingerprint density at radius 2 is 1.77 bits per heavy atom. The number of hydrogen-bond acceptors (Lipinski definition) is 4. The van der Waals surface area contributed by atoms with Crippen LogP contribution in [0.4, 0.5) is 0 Å². The third-order valence-corrected chi connectivity index (χ3v) is 9.51. The van der Waals surface area contributed by atoms with Gasteiger partial charge >= 0.3 is 0 Å². The molecule has 35 heavy (non-hydrogen) atoms. The molecule has 3 rings (SSSR count). The number of allylic oxidation sites excluding steroid dienone is 1. The summed E-state index contributed by atoms with van der Waals surface area (Å²) < 4.78 is 14.5. The average Bonchev–Trinajstić information content (AvgIpc) is 3.43. The van der Waals surface area contributed by atoms with Crippen molar-refractivity contribution in [1.29, 1.82) is 0 Å². The maximum atomic E-state index is 6.39. The molecule has 2 heterocycles. The first-order chi connectivity index (χ1) is 16.8. The van der Waals surface area contributed by atoms with Crippen LogP contribution in [0, 0.1) is 11.8 Å². The second-order valence-electron chi connectivity index (χ2n) is 9.43. The van der Waals surface area contributed by atoms with Crippen molar-refractivity contribution >= 4 is 73.2 Å². The van der Waals surface area contributed by atoms with E-state index in [1.165, 1.54) is 28.0 Å². The van der Waals surface area contributed by atoms with Gasteiger partial charge in [-0.15, -0.1) is 23.1 Å². The van der Waals surface area contributed by atoms with Gasteiger partial charge in [-0.2, -0.15) is 0 Å². The Morgan fingerprint density at radius 3 is 2.43 bits per heavy atom. The molecular formula is C29H36Br2O2S2. The molecule has 2 aromatic rings. The van der Waals surface area contributed by atoms with E-state index in [1.54, 1.807) is 18.4 Å². The minimum atomic E-state index is 0.445. The highest BCUT2D eigenvalue weighted by Gasteiger charge is 2.15. The lowest BCUT2D eigenvalue weighted by Gasteiger charge is -2.16. The third-order valence-electron chi connectivity index (χ3n) is 5.99. The molecule has 0 N–H and O–H groups in total. The van der Waals surface area contributed by atoms with Gasteiger partial charge in [0.05, 0.1) is 17.5 Å². The first kappa shape index (κ1) is 28.6. The fraction of sp³-hybridized carbons (Fsp3) is 0.448. The predicted molar refractivity (Wildman–Crippen MR) is 164 cm³/mol. The highest BCUT2D eigenvalue weighted by Crippen LogP contribution is 2.38. The molecular weight excluding hydrogens is 604 g/mol. The lowest BCUT2D eigenvalue weighted by Crippen LogP contribution is -2.06. The van der Waals surface area contributed by atoms with Crippen LogP contribution in [0.25, 0.3) is 18.2 Å². The topological polar surface area (TPSA) is 18.5 Å². The highest BCUT2D eigenvalue weighted by atomic mass is 79.9. The molecule has 0 fully saturated rings. The van der Waals surface area contributed by atoms with Crippen molar-refractivity contribution < 1.29 is 9.47 Å². The molecule has 1 aliphatic heterocycles. The van der Waals surface area contributed by atoms with Crippen LogP contribution in [0.2, 0.25) is 0 Å². The third kappa shape index (κ3) is 9.79. The summed E-state index contributed by atoms with van der Waals surface area (Å²) in [4.78, 5) is 1.19. The van der Waals surface area contributed by atoms with Gasteiger partial charge in [0.15, 0.2) is 0 Å². The van der Waals surface area contributed by atoms with E-state index in [2.05, 4.69) is 107 Å². The fourth-order valence-corrected chi connectivity index (χ4v) is 6.98. The van der Waals surface area contributed by atoms with E-state index < -0.39 is 0 Å². The van der Waals surface area contributed by atoms with E-state index in [-0.39, 0.29) is 0 Å². The van der Waals surface area contributed by atoms with Crippen LogP contribution in [0.5, 0.6) is 11.5 Å². The number of methoxy groups -OCH3 is 1. The molecule has 1 aliphatic rings. The number of ether oxygens (including phenoxy) is 2. The van der Waals surface area contributed by atoms with Crippen molar-refractivity contribution in [1.82, 2.24) is 0 Å². The summed E-state index contributed by atoms with van der Waals surface area (Å²) in [6.45, 7) is 7.67. The Balaban J connectivity index is 1.75. The zero-order valence-corrected chi connectivity index (χ0v) is 25.9. The zero-order valence-electron chi connectivity index (χ0n) is 21.1. The zero-order chi connectivity index (χ0) is 25.2. The van der Waals surface area contributed by atoms with Crippen molar-refractivity contribution in [2.24, 2.45) is 11.8 Å². The van der Waals surface area contributed by atoms with Crippen molar-refractivity contribution in [3.05, 3.63) is 60.0 Å². The van der Waals surface area contributed by atoms with Crippen LogP contribution in [0.15, 0.2) is 44.0 Å². The molecule has 1 aromatic carbocycles. The standard InChI is InChI=1S/C29H36Br2O2S2/c1-20(2)6-5-7-21(3)16-17-33-27-19-22(8-10-24-12-14-28(30)34-24)26(32-4)18-23(27)9-11-25-13-15-29(31)35-25/h8-12,14-15,18-21,25H,5-7,13,16-17H2,1-4H3. The van der Waals surface area contributed by atoms with Crippen molar-refractivity contribution in [3.8, 4) is 11.5 Å². The van der Waals surface area contributed by atoms with E-state index in [0.29, 0.717) is 11.2 Å². The Labute approximate surface area is 236 Å². The summed E-state index contributed by atoms with van der Waals surface area (Å²) in [6.07, 6.45) is 16.9. The lowest BCUT2D eigenvalue weighted by molar-refractivity contribution is 0.275. The summed E-state index contributed by atoms with van der Waals surface area (Å²) in [7, 11) is 1.73. The van der Waals surface area contributed by atoms with Gasteiger partial charge in [0, 0.05) is 25.1 Å². The van der Waals surface area contributed by atoms with Crippen LogP contribution in [-0.4, -0.2) is 19.0 Å². The van der Waals surface area contributed by atoms with Gasteiger partial charge in [-0.25, -0.2) is 0 Å². The summed E-state index contributed by atoms with van der Waals surface area (Å²) >= 11 is 10.7. The molecule has 0 spiro atoms. The first-order valence-electron chi connectivity index (χ1n) is 12.3. The van der Waals surface area contributed by atoms with Gasteiger partial charge < -0.3 is 9.47 Å². The molecule has 0 saturated carbocycles. The maximum Gasteiger partial charge on any atom is 0.127 e. The molecule has 0 saturated heterocycles. The number of rotatable bonds is 13. The van der Waals surface area contributed by atoms with E-state index in [1.807, 2.05) is 11.8 Å². The summed E-state index contributed by atoms with van der Waals surface area (Å²) in [6, 6.07) is 8.40. The molecule has 6 heteroatoms. The normalized spacial score (nSPS) is 17.0. The van der Waals surface area contributed by atoms with Crippen molar-refractivity contribution in [3.63, 3.8) is 0 Å². The van der Waals surface area contributed by atoms with E-state index in [0.717, 1.165) is 51.8 Å². The molecule has 0 amide bonds. The summed E-state index contributed by atoms with van der Waals surface area (Å²) in [5, 5.41) is 0.445. The average molecular weight is 641 g/mol. The second-order valence-corrected chi connectivity index (χ2v) is 14.6. The number of thioether (sulfide) groups is 1. The second kappa shape index (κ2) is 14.7. The molecule has 2 nitrogen and oxygen atoms in total. The van der Waals surface area contributed by atoms with Gasteiger partial charge in [0.25, 0.3) is 0 Å². The number of benzene rings is 1. The number of hydrogen-bond donors (Lipinski definition) is 0. The molecule has 2 atom stereocenters. The van der Waals surface area contributed by atoms with Gasteiger partial charge in [0.2, 0.25) is 0 Å². The molecule has 2 unspecified atom stereocenters. The molecule has 1 aromatic heterocycles. The Kier molecular flexibility index (Phi) is 12.0. The van der Waals surface area contributed by atoms with Gasteiger partial charge in [-0.3, -0.25) is 0 Å². The molecule has 190 valence electrons. The Hall–Kier alpha value is -0.950. The minimum absolute atomic E-state index is 0.445.